The summed E-state index contributed by atoms with van der Waals surface area (Å²) in [7, 11) is 1.28. The van der Waals surface area contributed by atoms with Crippen molar-refractivity contribution in [1.29, 1.82) is 0 Å². The maximum atomic E-state index is 12.7. The van der Waals surface area contributed by atoms with Gasteiger partial charge in [0.15, 0.2) is 11.5 Å². The lowest BCUT2D eigenvalue weighted by Crippen LogP contribution is -2.13. The van der Waals surface area contributed by atoms with Crippen molar-refractivity contribution in [3.8, 4) is 5.82 Å². The van der Waals surface area contributed by atoms with Crippen molar-refractivity contribution in [2.75, 3.05) is 12.4 Å². The Morgan fingerprint density at radius 1 is 1.05 bits per heavy atom. The van der Waals surface area contributed by atoms with Gasteiger partial charge in [0.2, 0.25) is 5.95 Å². The molecule has 0 aromatic carbocycles. The Labute approximate surface area is 113 Å². The van der Waals surface area contributed by atoms with Gasteiger partial charge in [0.05, 0.1) is 11.8 Å². The first kappa shape index (κ1) is 15.1. The predicted molar refractivity (Wildman–Crippen MR) is 58.7 cm³/mol. The van der Waals surface area contributed by atoms with E-state index in [1.807, 2.05) is 0 Å². The molecule has 0 bridgehead atoms. The number of nitrogens with one attached hydrogen (secondary N) is 1. The first-order valence-corrected chi connectivity index (χ1v) is 5.37. The number of rotatable bonds is 2. The fraction of sp³-hybridized carbons (Fsp3) is 0.300. The largest absolute Gasteiger partial charge is 0.433 e. The lowest BCUT2D eigenvalue weighted by atomic mass is 10.3. The van der Waals surface area contributed by atoms with Gasteiger partial charge >= 0.3 is 12.4 Å². The molecule has 21 heavy (non-hydrogen) atoms. The second-order valence-corrected chi connectivity index (χ2v) is 3.85. The van der Waals surface area contributed by atoms with Crippen LogP contribution in [0.15, 0.2) is 18.5 Å². The van der Waals surface area contributed by atoms with Gasteiger partial charge in [0, 0.05) is 19.3 Å². The fourth-order valence-corrected chi connectivity index (χ4v) is 1.40. The van der Waals surface area contributed by atoms with Gasteiger partial charge in [-0.15, -0.1) is 0 Å². The standard InChI is InChI=1S/C10H7F6N5/c1-17-8-19-6(10(14,15)16)2-7(20-8)21-4-5(3-18-21)9(11,12)13/h2-4H,1H3,(H,17,19,20). The highest BCUT2D eigenvalue weighted by Gasteiger charge is 2.35. The van der Waals surface area contributed by atoms with E-state index in [0.29, 0.717) is 23.1 Å². The van der Waals surface area contributed by atoms with Crippen LogP contribution in [0.3, 0.4) is 0 Å². The molecule has 0 spiro atoms. The van der Waals surface area contributed by atoms with Crippen LogP contribution in [0.1, 0.15) is 11.3 Å². The summed E-state index contributed by atoms with van der Waals surface area (Å²) in [6.07, 6.45) is -8.37. The average molecular weight is 311 g/mol. The normalized spacial score (nSPS) is 12.5. The number of alkyl halides is 6. The van der Waals surface area contributed by atoms with Gasteiger partial charge in [-0.2, -0.15) is 36.4 Å². The molecule has 0 amide bonds. The van der Waals surface area contributed by atoms with Crippen molar-refractivity contribution in [2.45, 2.75) is 12.4 Å². The minimum absolute atomic E-state index is 0.385. The van der Waals surface area contributed by atoms with E-state index in [9.17, 15) is 26.3 Å². The maximum absolute atomic E-state index is 12.7. The zero-order chi connectivity index (χ0) is 15.8. The quantitative estimate of drug-likeness (QED) is 0.867. The number of hydrogen-bond acceptors (Lipinski definition) is 4. The van der Waals surface area contributed by atoms with Crippen molar-refractivity contribution in [3.05, 3.63) is 29.7 Å². The Kier molecular flexibility index (Phi) is 3.51. The van der Waals surface area contributed by atoms with E-state index >= 15 is 0 Å². The SMILES string of the molecule is CNc1nc(-n2cc(C(F)(F)F)cn2)cc(C(F)(F)F)n1. The molecular formula is C10H7F6N5. The maximum Gasteiger partial charge on any atom is 0.433 e. The van der Waals surface area contributed by atoms with Gasteiger partial charge in [0.25, 0.3) is 0 Å². The Hall–Kier alpha value is -2.33. The van der Waals surface area contributed by atoms with Crippen LogP contribution in [0, 0.1) is 0 Å². The molecule has 2 aromatic heterocycles. The second kappa shape index (κ2) is 4.90. The third-order valence-corrected chi connectivity index (χ3v) is 2.37. The van der Waals surface area contributed by atoms with Gasteiger partial charge in [-0.25, -0.2) is 9.67 Å². The smallest absolute Gasteiger partial charge is 0.357 e. The zero-order valence-corrected chi connectivity index (χ0v) is 10.3. The Bertz CT molecular complexity index is 644. The molecule has 11 heteroatoms. The van der Waals surface area contributed by atoms with Gasteiger partial charge in [-0.05, 0) is 0 Å². The topological polar surface area (TPSA) is 55.6 Å². The summed E-state index contributed by atoms with van der Waals surface area (Å²) in [5.74, 6) is -0.818. The van der Waals surface area contributed by atoms with Crippen LogP contribution >= 0.6 is 0 Å². The summed E-state index contributed by atoms with van der Waals surface area (Å²) in [4.78, 5) is 6.84. The van der Waals surface area contributed by atoms with Gasteiger partial charge in [0.1, 0.15) is 0 Å². The summed E-state index contributed by atoms with van der Waals surface area (Å²) < 4.78 is 76.0. The summed E-state index contributed by atoms with van der Waals surface area (Å²) >= 11 is 0. The summed E-state index contributed by atoms with van der Waals surface area (Å²) in [6, 6.07) is 0.508. The van der Waals surface area contributed by atoms with Gasteiger partial charge in [-0.1, -0.05) is 0 Å². The van der Waals surface area contributed by atoms with Gasteiger partial charge in [-0.3, -0.25) is 0 Å². The number of aromatic nitrogens is 4. The highest BCUT2D eigenvalue weighted by molar-refractivity contribution is 5.35. The van der Waals surface area contributed by atoms with Crippen molar-refractivity contribution in [1.82, 2.24) is 19.7 Å². The third kappa shape index (κ3) is 3.23. The molecule has 0 fully saturated rings. The first-order chi connectivity index (χ1) is 9.61. The van der Waals surface area contributed by atoms with E-state index in [0.717, 1.165) is 0 Å². The Morgan fingerprint density at radius 2 is 1.71 bits per heavy atom. The van der Waals surface area contributed by atoms with Crippen LogP contribution in [-0.2, 0) is 12.4 Å². The molecule has 0 aliphatic rings. The lowest BCUT2D eigenvalue weighted by molar-refractivity contribution is -0.141. The van der Waals surface area contributed by atoms with E-state index in [4.69, 9.17) is 0 Å². The molecule has 0 radical (unpaired) electrons. The molecule has 2 heterocycles. The number of halogens is 6. The Morgan fingerprint density at radius 3 is 2.19 bits per heavy atom. The molecular weight excluding hydrogens is 304 g/mol. The van der Waals surface area contributed by atoms with Crippen molar-refractivity contribution in [3.63, 3.8) is 0 Å². The predicted octanol–water partition coefficient (Wildman–Crippen LogP) is 2.74. The minimum atomic E-state index is -4.76. The van der Waals surface area contributed by atoms with Crippen LogP contribution in [0.25, 0.3) is 5.82 Å². The molecule has 2 rings (SSSR count). The third-order valence-electron chi connectivity index (χ3n) is 2.37. The highest BCUT2D eigenvalue weighted by atomic mass is 19.4. The molecule has 1 N–H and O–H groups in total. The lowest BCUT2D eigenvalue weighted by Gasteiger charge is -2.10. The molecule has 114 valence electrons. The van der Waals surface area contributed by atoms with Crippen LogP contribution in [0.4, 0.5) is 32.3 Å². The van der Waals surface area contributed by atoms with Crippen LogP contribution in [0.2, 0.25) is 0 Å². The van der Waals surface area contributed by atoms with E-state index in [1.165, 1.54) is 7.05 Å². The van der Waals surface area contributed by atoms with Gasteiger partial charge < -0.3 is 5.32 Å². The molecule has 0 saturated heterocycles. The molecule has 0 atom stereocenters. The minimum Gasteiger partial charge on any atom is -0.357 e. The van der Waals surface area contributed by atoms with E-state index in [2.05, 4.69) is 20.4 Å². The van der Waals surface area contributed by atoms with Crippen LogP contribution in [0.5, 0.6) is 0 Å². The monoisotopic (exact) mass is 311 g/mol. The van der Waals surface area contributed by atoms with Crippen LogP contribution in [-0.4, -0.2) is 26.8 Å². The number of nitrogens with zero attached hydrogens (tertiary/aromatic N) is 4. The Balaban J connectivity index is 2.51. The molecule has 0 saturated carbocycles. The van der Waals surface area contributed by atoms with E-state index in [1.54, 1.807) is 0 Å². The first-order valence-electron chi connectivity index (χ1n) is 5.37. The summed E-state index contributed by atoms with van der Waals surface area (Å²) in [5, 5.41) is 5.66. The molecule has 5 nitrogen and oxygen atoms in total. The number of anilines is 1. The molecule has 0 aliphatic carbocycles. The molecule has 2 aromatic rings. The zero-order valence-electron chi connectivity index (χ0n) is 10.3. The fourth-order valence-electron chi connectivity index (χ4n) is 1.40. The van der Waals surface area contributed by atoms with E-state index in [-0.39, 0.29) is 5.95 Å². The molecule has 0 unspecified atom stereocenters. The summed E-state index contributed by atoms with van der Waals surface area (Å²) in [5.41, 5.74) is -2.39. The average Bonchev–Trinajstić information content (AvgIpc) is 2.86. The van der Waals surface area contributed by atoms with Crippen LogP contribution < -0.4 is 5.32 Å². The van der Waals surface area contributed by atoms with Crippen molar-refractivity contribution < 1.29 is 26.3 Å². The summed E-state index contributed by atoms with van der Waals surface area (Å²) in [6.45, 7) is 0. The number of hydrogen-bond donors (Lipinski definition) is 1. The van der Waals surface area contributed by atoms with E-state index < -0.39 is 29.4 Å². The highest BCUT2D eigenvalue weighted by Crippen LogP contribution is 2.31. The molecule has 0 aliphatic heterocycles. The van der Waals surface area contributed by atoms with Crippen molar-refractivity contribution in [2.24, 2.45) is 0 Å². The second-order valence-electron chi connectivity index (χ2n) is 3.85. The van der Waals surface area contributed by atoms with Crippen molar-refractivity contribution >= 4 is 5.95 Å².